The smallest absolute Gasteiger partial charge is 0.0488 e. The maximum atomic E-state index is 2.30. The summed E-state index contributed by atoms with van der Waals surface area (Å²) >= 11 is 0. The van der Waals surface area contributed by atoms with E-state index in [9.17, 15) is 0 Å². The highest BCUT2D eigenvalue weighted by Gasteiger charge is 2.03. The van der Waals surface area contributed by atoms with Crippen LogP contribution in [-0.4, -0.2) is 4.57 Å². The molecule has 0 N–H and O–H groups in total. The van der Waals surface area contributed by atoms with Crippen LogP contribution in [0, 0.1) is 0 Å². The summed E-state index contributed by atoms with van der Waals surface area (Å²) in [6.07, 6.45) is 9.85. The predicted molar refractivity (Wildman–Crippen MR) is 87.6 cm³/mol. The minimum absolute atomic E-state index is 1.03. The van der Waals surface area contributed by atoms with E-state index in [1.54, 1.807) is 0 Å². The minimum Gasteiger partial charge on any atom is -0.344 e. The van der Waals surface area contributed by atoms with Crippen LogP contribution in [0.2, 0.25) is 0 Å². The molecule has 0 radical (unpaired) electrons. The van der Waals surface area contributed by atoms with Crippen molar-refractivity contribution in [2.75, 3.05) is 0 Å². The van der Waals surface area contributed by atoms with Gasteiger partial charge < -0.3 is 4.57 Å². The summed E-state index contributed by atoms with van der Waals surface area (Å²) in [7, 11) is 2.13. The van der Waals surface area contributed by atoms with Crippen LogP contribution in [0.4, 0.5) is 0 Å². The number of allylic oxidation sites excluding steroid dienone is 2. The van der Waals surface area contributed by atoms with Crippen molar-refractivity contribution in [3.05, 3.63) is 47.0 Å². The summed E-state index contributed by atoms with van der Waals surface area (Å²) < 4.78 is 2.26. The number of fused-ring (bicyclic) bond motifs is 3. The van der Waals surface area contributed by atoms with E-state index in [2.05, 4.69) is 60.2 Å². The molecule has 2 aromatic rings. The molecule has 0 fully saturated rings. The molecule has 0 unspecified atom stereocenters. The topological polar surface area (TPSA) is 4.93 Å². The maximum absolute atomic E-state index is 2.30. The summed E-state index contributed by atoms with van der Waals surface area (Å²) in [5, 5.41) is 4.04. The number of aryl methyl sites for hydroxylation is 1. The van der Waals surface area contributed by atoms with Crippen molar-refractivity contribution in [3.63, 3.8) is 0 Å². The van der Waals surface area contributed by atoms with Gasteiger partial charge in [-0.25, -0.2) is 0 Å². The maximum Gasteiger partial charge on any atom is 0.0488 e. The summed E-state index contributed by atoms with van der Waals surface area (Å²) in [6, 6.07) is 8.57. The molecular weight excluding hydrogens is 230 g/mol. The normalized spacial score (nSPS) is 11.8. The van der Waals surface area contributed by atoms with Crippen molar-refractivity contribution in [1.29, 1.82) is 0 Å². The Bertz CT molecular complexity index is 657. The third-order valence-corrected chi connectivity index (χ3v) is 3.04. The van der Waals surface area contributed by atoms with Gasteiger partial charge in [0.2, 0.25) is 0 Å². The molecule has 0 bridgehead atoms. The van der Waals surface area contributed by atoms with Gasteiger partial charge in [-0.15, -0.1) is 0 Å². The molecule has 1 aromatic carbocycles. The molecule has 1 aliphatic carbocycles. The Hall–Kier alpha value is -1.76. The van der Waals surface area contributed by atoms with Gasteiger partial charge in [-0.2, -0.15) is 0 Å². The molecule has 0 atom stereocenters. The van der Waals surface area contributed by atoms with E-state index in [-0.39, 0.29) is 0 Å². The lowest BCUT2D eigenvalue weighted by Crippen LogP contribution is -2.26. The third kappa shape index (κ3) is 2.98. The molecule has 0 saturated carbocycles. The molecular formula is C18H25N. The van der Waals surface area contributed by atoms with Crippen LogP contribution in [-0.2, 0) is 7.05 Å². The number of benzene rings is 1. The fraction of sp³-hybridized carbons (Fsp3) is 0.333. The van der Waals surface area contributed by atoms with Crippen molar-refractivity contribution in [2.45, 2.75) is 34.1 Å². The van der Waals surface area contributed by atoms with Gasteiger partial charge in [0.25, 0.3) is 0 Å². The molecule has 19 heavy (non-hydrogen) atoms. The highest BCUT2D eigenvalue weighted by Crippen LogP contribution is 2.07. The Morgan fingerprint density at radius 2 is 1.68 bits per heavy atom. The largest absolute Gasteiger partial charge is 0.344 e. The van der Waals surface area contributed by atoms with Gasteiger partial charge >= 0.3 is 0 Å². The second-order valence-corrected chi connectivity index (χ2v) is 3.91. The van der Waals surface area contributed by atoms with Gasteiger partial charge in [-0.05, 0) is 18.6 Å². The first-order chi connectivity index (χ1) is 9.38. The summed E-state index contributed by atoms with van der Waals surface area (Å²) in [4.78, 5) is 0. The van der Waals surface area contributed by atoms with E-state index in [1.807, 2.05) is 27.7 Å². The Balaban J connectivity index is 0.000000415. The lowest BCUT2D eigenvalue weighted by Gasteiger charge is -1.94. The van der Waals surface area contributed by atoms with Gasteiger partial charge in [0.05, 0.1) is 0 Å². The van der Waals surface area contributed by atoms with E-state index < -0.39 is 0 Å². The molecule has 0 saturated heterocycles. The lowest BCUT2D eigenvalue weighted by molar-refractivity contribution is 0.925. The highest BCUT2D eigenvalue weighted by molar-refractivity contribution is 5.82. The average Bonchev–Trinajstić information content (AvgIpc) is 2.68. The van der Waals surface area contributed by atoms with Crippen molar-refractivity contribution in [3.8, 4) is 0 Å². The Morgan fingerprint density at radius 1 is 1.00 bits per heavy atom. The Labute approximate surface area is 116 Å². The molecule has 1 heteroatoms. The monoisotopic (exact) mass is 255 g/mol. The molecule has 102 valence electrons. The van der Waals surface area contributed by atoms with Crippen LogP contribution in [0.3, 0.4) is 0 Å². The zero-order chi connectivity index (χ0) is 14.3. The first-order valence-corrected chi connectivity index (χ1v) is 7.28. The number of aromatic nitrogens is 1. The van der Waals surface area contributed by atoms with E-state index in [1.165, 1.54) is 21.5 Å². The van der Waals surface area contributed by atoms with Crippen LogP contribution in [0.5, 0.6) is 0 Å². The van der Waals surface area contributed by atoms with Gasteiger partial charge in [0.15, 0.2) is 0 Å². The predicted octanol–water partition coefficient (Wildman–Crippen LogP) is 3.75. The molecule has 0 amide bonds. The van der Waals surface area contributed by atoms with Gasteiger partial charge in [0.1, 0.15) is 0 Å². The fourth-order valence-electron chi connectivity index (χ4n) is 2.28. The summed E-state index contributed by atoms with van der Waals surface area (Å²) in [5.74, 6) is 0. The van der Waals surface area contributed by atoms with Crippen LogP contribution >= 0.6 is 0 Å². The van der Waals surface area contributed by atoms with Crippen LogP contribution in [0.15, 0.2) is 36.4 Å². The number of hydrogen-bond donors (Lipinski definition) is 0. The Morgan fingerprint density at radius 3 is 2.42 bits per heavy atom. The number of nitrogens with zero attached hydrogens (tertiary/aromatic N) is 1. The number of para-hydroxylation sites is 1. The summed E-state index contributed by atoms with van der Waals surface area (Å²) in [6.45, 7) is 8.00. The van der Waals surface area contributed by atoms with Crippen molar-refractivity contribution in [2.24, 2.45) is 7.05 Å². The van der Waals surface area contributed by atoms with E-state index >= 15 is 0 Å². The zero-order valence-electron chi connectivity index (χ0n) is 12.8. The highest BCUT2D eigenvalue weighted by atomic mass is 14.9. The number of rotatable bonds is 0. The van der Waals surface area contributed by atoms with E-state index in [4.69, 9.17) is 0 Å². The molecule has 1 nitrogen and oxygen atoms in total. The molecule has 3 rings (SSSR count). The van der Waals surface area contributed by atoms with Gasteiger partial charge in [-0.1, -0.05) is 64.1 Å². The standard InChI is InChI=1S/C14H13N.2C2H6/c1-15-13-9-4-2-3-7-11(13)12-8-5-6-10-14(12)15;2*1-2/h2,4-10H,3H2,1H3;2*1-2H3. The first kappa shape index (κ1) is 15.3. The Kier molecular flexibility index (Phi) is 6.14. The van der Waals surface area contributed by atoms with Crippen molar-refractivity contribution >= 4 is 23.1 Å². The van der Waals surface area contributed by atoms with Gasteiger partial charge in [0, 0.05) is 28.5 Å². The van der Waals surface area contributed by atoms with Crippen LogP contribution in [0.1, 0.15) is 34.1 Å². The molecule has 1 aromatic heterocycles. The SMILES string of the molecule is CC.CC.Cn1c2c(c3ccccc31)=CCC=CC=2. The van der Waals surface area contributed by atoms with Crippen LogP contribution < -0.4 is 10.6 Å². The van der Waals surface area contributed by atoms with Crippen LogP contribution in [0.25, 0.3) is 23.1 Å². The summed E-state index contributed by atoms with van der Waals surface area (Å²) in [5.41, 5.74) is 1.31. The molecule has 1 heterocycles. The number of hydrogen-bond acceptors (Lipinski definition) is 0. The third-order valence-electron chi connectivity index (χ3n) is 3.04. The first-order valence-electron chi connectivity index (χ1n) is 7.28. The molecule has 0 aliphatic heterocycles. The quantitative estimate of drug-likeness (QED) is 0.675. The van der Waals surface area contributed by atoms with Crippen molar-refractivity contribution in [1.82, 2.24) is 4.57 Å². The van der Waals surface area contributed by atoms with E-state index in [0.717, 1.165) is 6.42 Å². The zero-order valence-corrected chi connectivity index (χ0v) is 12.8. The van der Waals surface area contributed by atoms with E-state index in [0.29, 0.717) is 0 Å². The second-order valence-electron chi connectivity index (χ2n) is 3.91. The minimum atomic E-state index is 1.03. The lowest BCUT2D eigenvalue weighted by atomic mass is 10.2. The fourth-order valence-corrected chi connectivity index (χ4v) is 2.28. The van der Waals surface area contributed by atoms with Gasteiger partial charge in [-0.3, -0.25) is 0 Å². The molecule has 0 spiro atoms. The average molecular weight is 255 g/mol. The second kappa shape index (κ2) is 7.63. The van der Waals surface area contributed by atoms with Crippen molar-refractivity contribution < 1.29 is 0 Å². The molecule has 1 aliphatic rings.